The van der Waals surface area contributed by atoms with E-state index in [0.29, 0.717) is 28.6 Å². The van der Waals surface area contributed by atoms with Crippen LogP contribution in [0.2, 0.25) is 5.02 Å². The summed E-state index contributed by atoms with van der Waals surface area (Å²) >= 11 is 6.07. The molecule has 0 unspecified atom stereocenters. The molecule has 0 saturated heterocycles. The number of nitrogens with one attached hydrogen (secondary N) is 1. The van der Waals surface area contributed by atoms with E-state index in [0.717, 1.165) is 5.92 Å². The molecule has 0 atom stereocenters. The van der Waals surface area contributed by atoms with Crippen LogP contribution in [0.5, 0.6) is 0 Å². The first-order chi connectivity index (χ1) is 9.94. The summed E-state index contributed by atoms with van der Waals surface area (Å²) in [5.74, 6) is 0.605. The van der Waals surface area contributed by atoms with Gasteiger partial charge in [-0.15, -0.1) is 0 Å². The third-order valence-corrected chi connectivity index (χ3v) is 5.73. The van der Waals surface area contributed by atoms with E-state index in [1.807, 2.05) is 0 Å². The van der Waals surface area contributed by atoms with Gasteiger partial charge in [0, 0.05) is 23.2 Å². The van der Waals surface area contributed by atoms with E-state index in [9.17, 15) is 4.39 Å². The van der Waals surface area contributed by atoms with Crippen LogP contribution in [0.15, 0.2) is 18.2 Å². The van der Waals surface area contributed by atoms with E-state index >= 15 is 0 Å². The Bertz CT molecular complexity index is 444. The highest BCUT2D eigenvalue weighted by Gasteiger charge is 2.31. The van der Waals surface area contributed by atoms with E-state index in [4.69, 9.17) is 11.6 Å². The SMILES string of the molecule is CCC(C)(C)C1CCC(NCc2c(F)cccc2Cl)CC1. The van der Waals surface area contributed by atoms with Crippen LogP contribution >= 0.6 is 11.6 Å². The molecule has 2 rings (SSSR count). The van der Waals surface area contributed by atoms with E-state index in [-0.39, 0.29) is 5.82 Å². The zero-order chi connectivity index (χ0) is 15.5. The van der Waals surface area contributed by atoms with Crippen LogP contribution in [0.1, 0.15) is 58.4 Å². The van der Waals surface area contributed by atoms with Crippen molar-refractivity contribution in [2.75, 3.05) is 0 Å². The van der Waals surface area contributed by atoms with Gasteiger partial charge in [0.15, 0.2) is 0 Å². The molecule has 0 heterocycles. The molecule has 1 saturated carbocycles. The largest absolute Gasteiger partial charge is 0.310 e. The lowest BCUT2D eigenvalue weighted by atomic mass is 9.69. The third kappa shape index (κ3) is 4.20. The molecule has 0 bridgehead atoms. The maximum absolute atomic E-state index is 13.7. The standard InChI is InChI=1S/C18H27ClFN/c1-4-18(2,3)13-8-10-14(11-9-13)21-12-15-16(19)6-5-7-17(15)20/h5-7,13-14,21H,4,8-12H2,1-3H3. The highest BCUT2D eigenvalue weighted by Crippen LogP contribution is 2.40. The van der Waals surface area contributed by atoms with E-state index in [2.05, 4.69) is 26.1 Å². The Labute approximate surface area is 133 Å². The Morgan fingerprint density at radius 3 is 2.48 bits per heavy atom. The molecule has 1 aliphatic carbocycles. The molecule has 1 nitrogen and oxygen atoms in total. The highest BCUT2D eigenvalue weighted by atomic mass is 35.5. The van der Waals surface area contributed by atoms with Crippen LogP contribution in [-0.2, 0) is 6.54 Å². The molecule has 0 aliphatic heterocycles. The van der Waals surface area contributed by atoms with Crippen molar-refractivity contribution in [2.45, 2.75) is 65.5 Å². The number of halogens is 2. The van der Waals surface area contributed by atoms with Gasteiger partial charge < -0.3 is 5.32 Å². The highest BCUT2D eigenvalue weighted by molar-refractivity contribution is 6.31. The van der Waals surface area contributed by atoms with Crippen molar-refractivity contribution in [1.82, 2.24) is 5.32 Å². The molecule has 0 spiro atoms. The van der Waals surface area contributed by atoms with Crippen molar-refractivity contribution >= 4 is 11.6 Å². The summed E-state index contributed by atoms with van der Waals surface area (Å²) in [7, 11) is 0. The van der Waals surface area contributed by atoms with Crippen LogP contribution < -0.4 is 5.32 Å². The number of benzene rings is 1. The second-order valence-corrected chi connectivity index (χ2v) is 7.38. The molecule has 3 heteroatoms. The maximum atomic E-state index is 13.7. The Kier molecular flexibility index (Phi) is 5.67. The molecule has 1 N–H and O–H groups in total. The van der Waals surface area contributed by atoms with Gasteiger partial charge in [-0.1, -0.05) is 44.9 Å². The topological polar surface area (TPSA) is 12.0 Å². The smallest absolute Gasteiger partial charge is 0.129 e. The summed E-state index contributed by atoms with van der Waals surface area (Å²) in [5.41, 5.74) is 1.04. The third-order valence-electron chi connectivity index (χ3n) is 5.37. The Morgan fingerprint density at radius 1 is 1.24 bits per heavy atom. The number of rotatable bonds is 5. The molecular formula is C18H27ClFN. The fraction of sp³-hybridized carbons (Fsp3) is 0.667. The lowest BCUT2D eigenvalue weighted by Gasteiger charge is -2.39. The second kappa shape index (κ2) is 7.11. The minimum atomic E-state index is -0.212. The number of hydrogen-bond donors (Lipinski definition) is 1. The normalized spacial score (nSPS) is 23.3. The van der Waals surface area contributed by atoms with Gasteiger partial charge in [-0.05, 0) is 49.1 Å². The van der Waals surface area contributed by atoms with Gasteiger partial charge in [0.2, 0.25) is 0 Å². The van der Waals surface area contributed by atoms with Crippen LogP contribution in [0, 0.1) is 17.2 Å². The summed E-state index contributed by atoms with van der Waals surface area (Å²) in [6, 6.07) is 5.37. The summed E-state index contributed by atoms with van der Waals surface area (Å²) in [6.45, 7) is 7.57. The molecule has 1 fully saturated rings. The van der Waals surface area contributed by atoms with Gasteiger partial charge in [-0.3, -0.25) is 0 Å². The van der Waals surface area contributed by atoms with Gasteiger partial charge in [0.1, 0.15) is 5.82 Å². The van der Waals surface area contributed by atoms with Gasteiger partial charge in [-0.25, -0.2) is 4.39 Å². The Balaban J connectivity index is 1.85. The van der Waals surface area contributed by atoms with Gasteiger partial charge in [-0.2, -0.15) is 0 Å². The van der Waals surface area contributed by atoms with Crippen molar-refractivity contribution in [3.05, 3.63) is 34.6 Å². The van der Waals surface area contributed by atoms with Crippen molar-refractivity contribution in [2.24, 2.45) is 11.3 Å². The van der Waals surface area contributed by atoms with Gasteiger partial charge in [0.05, 0.1) is 0 Å². The minimum Gasteiger partial charge on any atom is -0.310 e. The minimum absolute atomic E-state index is 0.212. The lowest BCUT2D eigenvalue weighted by molar-refractivity contribution is 0.136. The van der Waals surface area contributed by atoms with E-state index in [1.165, 1.54) is 38.2 Å². The fourth-order valence-electron chi connectivity index (χ4n) is 3.32. The monoisotopic (exact) mass is 311 g/mol. The van der Waals surface area contributed by atoms with Gasteiger partial charge >= 0.3 is 0 Å². The second-order valence-electron chi connectivity index (χ2n) is 6.97. The first kappa shape index (κ1) is 16.8. The number of hydrogen-bond acceptors (Lipinski definition) is 1. The lowest BCUT2D eigenvalue weighted by Crippen LogP contribution is -2.36. The zero-order valence-electron chi connectivity index (χ0n) is 13.4. The zero-order valence-corrected chi connectivity index (χ0v) is 14.1. The molecule has 1 aliphatic rings. The van der Waals surface area contributed by atoms with Crippen LogP contribution in [0.3, 0.4) is 0 Å². The summed E-state index contributed by atoms with van der Waals surface area (Å²) in [5, 5.41) is 4.00. The summed E-state index contributed by atoms with van der Waals surface area (Å²) < 4.78 is 13.7. The average molecular weight is 312 g/mol. The predicted octanol–water partition coefficient (Wildman–Crippen LogP) is 5.56. The average Bonchev–Trinajstić information content (AvgIpc) is 2.47. The molecule has 118 valence electrons. The quantitative estimate of drug-likeness (QED) is 0.750. The first-order valence-electron chi connectivity index (χ1n) is 8.10. The van der Waals surface area contributed by atoms with Crippen molar-refractivity contribution in [1.29, 1.82) is 0 Å². The molecule has 1 aromatic rings. The van der Waals surface area contributed by atoms with Crippen LogP contribution in [0.25, 0.3) is 0 Å². The molecule has 21 heavy (non-hydrogen) atoms. The molecular weight excluding hydrogens is 285 g/mol. The fourth-order valence-corrected chi connectivity index (χ4v) is 3.55. The molecule has 0 radical (unpaired) electrons. The first-order valence-corrected chi connectivity index (χ1v) is 8.48. The predicted molar refractivity (Wildman–Crippen MR) is 88.1 cm³/mol. The van der Waals surface area contributed by atoms with Crippen molar-refractivity contribution < 1.29 is 4.39 Å². The van der Waals surface area contributed by atoms with E-state index < -0.39 is 0 Å². The van der Waals surface area contributed by atoms with Gasteiger partial charge in [0.25, 0.3) is 0 Å². The molecule has 0 aromatic heterocycles. The van der Waals surface area contributed by atoms with Crippen molar-refractivity contribution in [3.8, 4) is 0 Å². The summed E-state index contributed by atoms with van der Waals surface area (Å²) in [4.78, 5) is 0. The molecule has 1 aromatic carbocycles. The van der Waals surface area contributed by atoms with Crippen molar-refractivity contribution in [3.63, 3.8) is 0 Å². The molecule has 0 amide bonds. The van der Waals surface area contributed by atoms with Crippen LogP contribution in [0.4, 0.5) is 4.39 Å². The maximum Gasteiger partial charge on any atom is 0.129 e. The Morgan fingerprint density at radius 2 is 1.90 bits per heavy atom. The summed E-state index contributed by atoms with van der Waals surface area (Å²) in [6.07, 6.45) is 6.13. The Hall–Kier alpha value is -0.600. The van der Waals surface area contributed by atoms with E-state index in [1.54, 1.807) is 12.1 Å². The van der Waals surface area contributed by atoms with Crippen LogP contribution in [-0.4, -0.2) is 6.04 Å².